The number of benzene rings is 1. The van der Waals surface area contributed by atoms with Crippen molar-refractivity contribution in [2.24, 2.45) is 11.7 Å². The van der Waals surface area contributed by atoms with E-state index in [1.54, 1.807) is 6.07 Å². The third-order valence-corrected chi connectivity index (χ3v) is 6.51. The summed E-state index contributed by atoms with van der Waals surface area (Å²) in [6.45, 7) is 0.0868. The van der Waals surface area contributed by atoms with Crippen LogP contribution >= 0.6 is 0 Å². The first-order valence-electron chi connectivity index (χ1n) is 11.9. The lowest BCUT2D eigenvalue weighted by Gasteiger charge is -2.36. The molecule has 1 aromatic carbocycles. The zero-order chi connectivity index (χ0) is 28.5. The van der Waals surface area contributed by atoms with Crippen molar-refractivity contribution in [2.45, 2.75) is 44.0 Å². The highest BCUT2D eigenvalue weighted by atomic mass is 19.4. The summed E-state index contributed by atoms with van der Waals surface area (Å²) in [7, 11) is 0. The van der Waals surface area contributed by atoms with Gasteiger partial charge in [-0.2, -0.15) is 13.2 Å². The van der Waals surface area contributed by atoms with Gasteiger partial charge in [-0.15, -0.1) is 0 Å². The summed E-state index contributed by atoms with van der Waals surface area (Å²) < 4.78 is 85.4. The van der Waals surface area contributed by atoms with Gasteiger partial charge in [0.2, 0.25) is 0 Å². The zero-order valence-corrected chi connectivity index (χ0v) is 20.5. The number of nitrogens with zero attached hydrogens (tertiary/aromatic N) is 2. The monoisotopic (exact) mass is 554 g/mol. The molecule has 2 aromatic heterocycles. The number of nitrogens with one attached hydrogen (secondary N) is 1. The summed E-state index contributed by atoms with van der Waals surface area (Å²) in [6, 6.07) is 3.97. The number of hydrogen-bond acceptors (Lipinski definition) is 6. The van der Waals surface area contributed by atoms with Gasteiger partial charge in [0.15, 0.2) is 6.61 Å². The van der Waals surface area contributed by atoms with Gasteiger partial charge in [0.25, 0.3) is 5.91 Å². The molecule has 1 aliphatic carbocycles. The Morgan fingerprint density at radius 2 is 1.82 bits per heavy atom. The van der Waals surface area contributed by atoms with Crippen LogP contribution in [0.1, 0.15) is 41.7 Å². The molecule has 0 aliphatic heterocycles. The van der Waals surface area contributed by atoms with Gasteiger partial charge in [-0.05, 0) is 48.4 Å². The molecule has 0 saturated heterocycles. The van der Waals surface area contributed by atoms with E-state index in [4.69, 9.17) is 5.73 Å². The van der Waals surface area contributed by atoms with Crippen molar-refractivity contribution in [3.8, 4) is 17.0 Å². The third-order valence-electron chi connectivity index (χ3n) is 6.51. The molecule has 1 aliphatic rings. The number of halogens is 6. The quantitative estimate of drug-likeness (QED) is 0.372. The predicted molar refractivity (Wildman–Crippen MR) is 128 cm³/mol. The second kappa shape index (κ2) is 11.2. The Hall–Kier alpha value is -3.71. The van der Waals surface area contributed by atoms with Gasteiger partial charge in [0.05, 0.1) is 23.6 Å². The molecule has 3 aromatic rings. The maximum Gasteiger partial charge on any atom is 0.422 e. The topological polar surface area (TPSA) is 110 Å². The van der Waals surface area contributed by atoms with E-state index in [9.17, 15) is 36.2 Å². The fourth-order valence-electron chi connectivity index (χ4n) is 4.65. The molecule has 4 N–H and O–H groups in total. The van der Waals surface area contributed by atoms with Crippen LogP contribution in [0.2, 0.25) is 0 Å². The Morgan fingerprint density at radius 3 is 2.46 bits per heavy atom. The molecule has 0 bridgehead atoms. The second-order valence-electron chi connectivity index (χ2n) is 9.41. The molecule has 1 amide bonds. The molecule has 2 heterocycles. The number of aromatic nitrogens is 2. The normalized spacial score (nSPS) is 21.5. The third kappa shape index (κ3) is 6.48. The summed E-state index contributed by atoms with van der Waals surface area (Å²) in [4.78, 5) is 20.8. The molecule has 0 unspecified atom stereocenters. The fourth-order valence-corrected chi connectivity index (χ4v) is 4.65. The number of amides is 1. The van der Waals surface area contributed by atoms with Crippen LogP contribution in [0.25, 0.3) is 11.3 Å². The number of anilines is 1. The van der Waals surface area contributed by atoms with Gasteiger partial charge < -0.3 is 20.9 Å². The average Bonchev–Trinajstić information content (AvgIpc) is 2.86. The summed E-state index contributed by atoms with van der Waals surface area (Å²) in [6.07, 6.45) is -1.40. The van der Waals surface area contributed by atoms with E-state index in [0.717, 1.165) is 12.1 Å². The number of nitrogens with two attached hydrogens (primary N) is 1. The molecule has 208 valence electrons. The lowest BCUT2D eigenvalue weighted by molar-refractivity contribution is -0.153. The summed E-state index contributed by atoms with van der Waals surface area (Å²) in [5.41, 5.74) is 4.88. The summed E-state index contributed by atoms with van der Waals surface area (Å²) >= 11 is 0. The van der Waals surface area contributed by atoms with Gasteiger partial charge in [-0.25, -0.2) is 18.2 Å². The molecule has 0 radical (unpaired) electrons. The molecule has 1 fully saturated rings. The predicted octanol–water partition coefficient (Wildman–Crippen LogP) is 4.96. The van der Waals surface area contributed by atoms with Crippen molar-refractivity contribution in [2.75, 3.05) is 11.9 Å². The Kier molecular flexibility index (Phi) is 8.12. The van der Waals surface area contributed by atoms with Crippen molar-refractivity contribution in [3.05, 3.63) is 71.4 Å². The SMILES string of the molecule is C[C@H]1C[C@@H](c2ccncc2NC(=O)c2ccc(F)c(-c3c(F)cc(OCC(F)(F)F)cc3F)n2)C[C@@H](N)[C@@H]1O. The number of aliphatic hydroxyl groups excluding tert-OH is 1. The Labute approximate surface area is 219 Å². The van der Waals surface area contributed by atoms with Crippen LogP contribution in [-0.2, 0) is 0 Å². The van der Waals surface area contributed by atoms with Crippen molar-refractivity contribution >= 4 is 11.6 Å². The number of rotatable bonds is 6. The minimum atomic E-state index is -4.74. The van der Waals surface area contributed by atoms with E-state index < -0.39 is 65.3 Å². The Balaban J connectivity index is 1.60. The largest absolute Gasteiger partial charge is 0.484 e. The van der Waals surface area contributed by atoms with E-state index >= 15 is 0 Å². The summed E-state index contributed by atoms with van der Waals surface area (Å²) in [5, 5.41) is 12.8. The van der Waals surface area contributed by atoms with Crippen LogP contribution in [0.5, 0.6) is 5.75 Å². The lowest BCUT2D eigenvalue weighted by Crippen LogP contribution is -2.44. The van der Waals surface area contributed by atoms with Crippen LogP contribution in [0.3, 0.4) is 0 Å². The first kappa shape index (κ1) is 28.3. The summed E-state index contributed by atoms with van der Waals surface area (Å²) in [5.74, 6) is -5.81. The highest BCUT2D eigenvalue weighted by Gasteiger charge is 2.34. The van der Waals surface area contributed by atoms with Gasteiger partial charge in [-0.1, -0.05) is 6.92 Å². The number of carbonyl (C=O) groups excluding carboxylic acids is 1. The standard InChI is InChI=1S/C26H24F6N4O3/c1-12-6-13(7-19(33)24(12)37)15-4-5-34-10-21(15)36-25(38)20-3-2-16(27)23(35-20)22-17(28)8-14(9-18(22)29)39-11-26(30,31)32/h2-5,8-10,12-13,19,24,37H,6-7,11,33H2,1H3,(H,36,38)/t12-,13+,19+,24+/m0/s1. The first-order valence-corrected chi connectivity index (χ1v) is 11.9. The van der Waals surface area contributed by atoms with E-state index in [0.29, 0.717) is 36.2 Å². The fraction of sp³-hybridized carbons (Fsp3) is 0.346. The Morgan fingerprint density at radius 1 is 1.13 bits per heavy atom. The number of alkyl halides is 3. The van der Waals surface area contributed by atoms with Crippen LogP contribution < -0.4 is 15.8 Å². The highest BCUT2D eigenvalue weighted by Crippen LogP contribution is 2.39. The van der Waals surface area contributed by atoms with Crippen LogP contribution in [0.15, 0.2) is 42.7 Å². The molecule has 4 atom stereocenters. The second-order valence-corrected chi connectivity index (χ2v) is 9.41. The number of carbonyl (C=O) groups is 1. The number of hydrogen-bond donors (Lipinski definition) is 3. The highest BCUT2D eigenvalue weighted by molar-refractivity contribution is 6.03. The maximum atomic E-state index is 14.7. The lowest BCUT2D eigenvalue weighted by atomic mass is 9.74. The minimum absolute atomic E-state index is 0.0909. The molecule has 4 rings (SSSR count). The van der Waals surface area contributed by atoms with Gasteiger partial charge >= 0.3 is 6.18 Å². The molecule has 7 nitrogen and oxygen atoms in total. The smallest absolute Gasteiger partial charge is 0.422 e. The van der Waals surface area contributed by atoms with E-state index in [2.05, 4.69) is 20.0 Å². The van der Waals surface area contributed by atoms with Crippen LogP contribution in [-0.4, -0.2) is 45.9 Å². The molecule has 0 spiro atoms. The minimum Gasteiger partial charge on any atom is -0.484 e. The molecular weight excluding hydrogens is 530 g/mol. The molecular formula is C26H24F6N4O3. The van der Waals surface area contributed by atoms with Crippen LogP contribution in [0, 0.1) is 23.4 Å². The van der Waals surface area contributed by atoms with Crippen molar-refractivity contribution in [3.63, 3.8) is 0 Å². The maximum absolute atomic E-state index is 14.7. The zero-order valence-electron chi connectivity index (χ0n) is 20.5. The van der Waals surface area contributed by atoms with Crippen LogP contribution in [0.4, 0.5) is 32.0 Å². The van der Waals surface area contributed by atoms with E-state index in [1.807, 2.05) is 6.92 Å². The van der Waals surface area contributed by atoms with Gasteiger partial charge in [0.1, 0.15) is 34.6 Å². The van der Waals surface area contributed by atoms with Crippen molar-refractivity contribution < 1.29 is 41.0 Å². The molecule has 13 heteroatoms. The number of ether oxygens (including phenoxy) is 1. The van der Waals surface area contributed by atoms with Gasteiger partial charge in [-0.3, -0.25) is 9.78 Å². The number of aliphatic hydroxyl groups is 1. The van der Waals surface area contributed by atoms with E-state index in [-0.39, 0.29) is 17.5 Å². The molecule has 39 heavy (non-hydrogen) atoms. The van der Waals surface area contributed by atoms with Crippen molar-refractivity contribution in [1.82, 2.24) is 9.97 Å². The van der Waals surface area contributed by atoms with E-state index in [1.165, 1.54) is 12.4 Å². The van der Waals surface area contributed by atoms with Crippen molar-refractivity contribution in [1.29, 1.82) is 0 Å². The van der Waals surface area contributed by atoms with Gasteiger partial charge in [0, 0.05) is 24.4 Å². The average molecular weight is 554 g/mol. The Bertz CT molecular complexity index is 1330. The number of pyridine rings is 2. The first-order chi connectivity index (χ1) is 18.3. The molecule has 1 saturated carbocycles.